The second kappa shape index (κ2) is 8.49. The predicted octanol–water partition coefficient (Wildman–Crippen LogP) is 3.64. The number of nitrogens with one attached hydrogen (secondary N) is 1. The molecule has 0 aliphatic carbocycles. The van der Waals surface area contributed by atoms with Crippen LogP contribution in [0.1, 0.15) is 18.9 Å². The normalized spacial score (nSPS) is 11.4. The average molecular weight is 405 g/mol. The van der Waals surface area contributed by atoms with Crippen molar-refractivity contribution in [3.63, 3.8) is 0 Å². The van der Waals surface area contributed by atoms with Gasteiger partial charge in [0, 0.05) is 6.42 Å². The highest BCUT2D eigenvalue weighted by Gasteiger charge is 2.16. The van der Waals surface area contributed by atoms with E-state index in [0.717, 1.165) is 16.0 Å². The first-order chi connectivity index (χ1) is 12.9. The lowest BCUT2D eigenvalue weighted by atomic mass is 10.2. The summed E-state index contributed by atoms with van der Waals surface area (Å²) in [6.45, 7) is 2.49. The van der Waals surface area contributed by atoms with Gasteiger partial charge in [-0.2, -0.15) is 0 Å². The molecule has 0 radical (unpaired) electrons. The van der Waals surface area contributed by atoms with E-state index in [2.05, 4.69) is 10.3 Å². The number of hydrogen-bond acceptors (Lipinski definition) is 6. The molecule has 1 amide bonds. The van der Waals surface area contributed by atoms with Crippen molar-refractivity contribution < 1.29 is 17.9 Å². The van der Waals surface area contributed by atoms with Gasteiger partial charge in [0.2, 0.25) is 5.91 Å². The monoisotopic (exact) mass is 404 g/mol. The molecule has 0 fully saturated rings. The largest absolute Gasteiger partial charge is 0.494 e. The molecule has 3 rings (SSSR count). The molecule has 27 heavy (non-hydrogen) atoms. The molecule has 0 unspecified atom stereocenters. The number of aromatic nitrogens is 1. The maximum Gasteiger partial charge on any atom is 0.227 e. The summed E-state index contributed by atoms with van der Waals surface area (Å²) >= 11 is 1.33. The number of rotatable bonds is 8. The van der Waals surface area contributed by atoms with Crippen molar-refractivity contribution in [2.45, 2.75) is 19.1 Å². The van der Waals surface area contributed by atoms with E-state index < -0.39 is 9.84 Å². The fourth-order valence-corrected chi connectivity index (χ4v) is 4.80. The van der Waals surface area contributed by atoms with E-state index in [9.17, 15) is 13.2 Å². The summed E-state index contributed by atoms with van der Waals surface area (Å²) in [5.41, 5.74) is 1.48. The van der Waals surface area contributed by atoms with Gasteiger partial charge in [-0.1, -0.05) is 41.7 Å². The second-order valence-corrected chi connectivity index (χ2v) is 9.17. The Labute approximate surface area is 162 Å². The quantitative estimate of drug-likeness (QED) is 0.619. The van der Waals surface area contributed by atoms with Gasteiger partial charge in [-0.3, -0.25) is 4.79 Å². The molecule has 1 aromatic heterocycles. The summed E-state index contributed by atoms with van der Waals surface area (Å²) in [5, 5.41) is 3.13. The molecule has 1 N–H and O–H groups in total. The third-order valence-electron chi connectivity index (χ3n) is 3.79. The maximum atomic E-state index is 12.2. The minimum Gasteiger partial charge on any atom is -0.494 e. The minimum atomic E-state index is -3.35. The first-order valence-corrected chi connectivity index (χ1v) is 11.2. The molecule has 3 aromatic rings. The minimum absolute atomic E-state index is 0.0670. The Morgan fingerprint density at radius 1 is 1.19 bits per heavy atom. The van der Waals surface area contributed by atoms with Gasteiger partial charge in [-0.05, 0) is 30.7 Å². The molecule has 2 aromatic carbocycles. The van der Waals surface area contributed by atoms with Gasteiger partial charge in [0.25, 0.3) is 0 Å². The first-order valence-electron chi connectivity index (χ1n) is 8.53. The number of nitrogens with zero attached hydrogens (tertiary/aromatic N) is 1. The number of hydrogen-bond donors (Lipinski definition) is 1. The highest BCUT2D eigenvalue weighted by Crippen LogP contribution is 2.29. The van der Waals surface area contributed by atoms with Crippen LogP contribution in [0.5, 0.6) is 5.75 Å². The highest BCUT2D eigenvalue weighted by molar-refractivity contribution is 7.90. The Hall–Kier alpha value is -2.45. The summed E-state index contributed by atoms with van der Waals surface area (Å²) < 4.78 is 30.7. The summed E-state index contributed by atoms with van der Waals surface area (Å²) in [4.78, 5) is 16.5. The van der Waals surface area contributed by atoms with Crippen molar-refractivity contribution in [3.8, 4) is 5.75 Å². The van der Waals surface area contributed by atoms with Crippen LogP contribution in [0.25, 0.3) is 10.2 Å². The molecule has 0 aliphatic rings. The molecule has 0 bridgehead atoms. The van der Waals surface area contributed by atoms with Crippen LogP contribution in [0.2, 0.25) is 0 Å². The zero-order chi connectivity index (χ0) is 19.3. The lowest BCUT2D eigenvalue weighted by Gasteiger charge is -2.04. The molecule has 1 heterocycles. The molecular weight excluding hydrogens is 384 g/mol. The molecular formula is C19H20N2O4S2. The van der Waals surface area contributed by atoms with E-state index in [1.165, 1.54) is 11.3 Å². The van der Waals surface area contributed by atoms with Crippen molar-refractivity contribution in [1.29, 1.82) is 0 Å². The van der Waals surface area contributed by atoms with E-state index in [4.69, 9.17) is 4.74 Å². The van der Waals surface area contributed by atoms with Gasteiger partial charge in [0.05, 0.1) is 28.3 Å². The van der Waals surface area contributed by atoms with Crippen LogP contribution < -0.4 is 10.1 Å². The number of fused-ring (bicyclic) bond motifs is 1. The van der Waals surface area contributed by atoms with Gasteiger partial charge in [-0.15, -0.1) is 0 Å². The number of carbonyl (C=O) groups is 1. The lowest BCUT2D eigenvalue weighted by molar-refractivity contribution is -0.115. The molecule has 8 heteroatoms. The number of ether oxygens (including phenoxy) is 1. The number of sulfone groups is 1. The van der Waals surface area contributed by atoms with Crippen molar-refractivity contribution in [1.82, 2.24) is 4.98 Å². The van der Waals surface area contributed by atoms with Gasteiger partial charge in [-0.25, -0.2) is 13.4 Å². The molecule has 142 valence electrons. The van der Waals surface area contributed by atoms with E-state index in [0.29, 0.717) is 17.3 Å². The Morgan fingerprint density at radius 3 is 2.70 bits per heavy atom. The summed E-state index contributed by atoms with van der Waals surface area (Å²) in [6, 6.07) is 14.5. The molecule has 0 saturated carbocycles. The summed E-state index contributed by atoms with van der Waals surface area (Å²) in [7, 11) is -3.35. The van der Waals surface area contributed by atoms with Crippen molar-refractivity contribution in [2.24, 2.45) is 0 Å². The second-order valence-electron chi connectivity index (χ2n) is 5.96. The van der Waals surface area contributed by atoms with E-state index in [-0.39, 0.29) is 23.8 Å². The first kappa shape index (κ1) is 19.3. The fourth-order valence-electron chi connectivity index (χ4n) is 2.55. The van der Waals surface area contributed by atoms with Crippen LogP contribution >= 0.6 is 11.3 Å². The topological polar surface area (TPSA) is 85.4 Å². The Bertz CT molecular complexity index is 1030. The Balaban J connectivity index is 1.58. The summed E-state index contributed by atoms with van der Waals surface area (Å²) in [5.74, 6) is 0.115. The van der Waals surface area contributed by atoms with E-state index in [1.54, 1.807) is 24.3 Å². The van der Waals surface area contributed by atoms with Crippen molar-refractivity contribution >= 4 is 42.4 Å². The molecule has 0 aliphatic heterocycles. The highest BCUT2D eigenvalue weighted by atomic mass is 32.2. The van der Waals surface area contributed by atoms with Crippen LogP contribution in [0.4, 0.5) is 5.13 Å². The number of thiazole rings is 1. The number of benzene rings is 2. The zero-order valence-electron chi connectivity index (χ0n) is 14.8. The molecule has 0 saturated heterocycles. The number of carbonyl (C=O) groups excluding carboxylic acids is 1. The molecule has 6 nitrogen and oxygen atoms in total. The van der Waals surface area contributed by atoms with Crippen LogP contribution in [-0.2, 0) is 20.4 Å². The SMILES string of the molecule is CCOc1ccc2nc(NC(=O)CCS(=O)(=O)Cc3ccccc3)sc2c1. The van der Waals surface area contributed by atoms with E-state index >= 15 is 0 Å². The average Bonchev–Trinajstić information content (AvgIpc) is 3.02. The smallest absolute Gasteiger partial charge is 0.227 e. The number of anilines is 1. The van der Waals surface area contributed by atoms with Crippen molar-refractivity contribution in [2.75, 3.05) is 17.7 Å². The van der Waals surface area contributed by atoms with Gasteiger partial charge in [0.15, 0.2) is 15.0 Å². The van der Waals surface area contributed by atoms with E-state index in [1.807, 2.05) is 31.2 Å². The van der Waals surface area contributed by atoms with Crippen LogP contribution in [-0.4, -0.2) is 31.7 Å². The fraction of sp³-hybridized carbons (Fsp3) is 0.263. The van der Waals surface area contributed by atoms with Gasteiger partial charge >= 0.3 is 0 Å². The standard InChI is InChI=1S/C19H20N2O4S2/c1-2-25-15-8-9-16-17(12-15)26-19(20-16)21-18(22)10-11-27(23,24)13-14-6-4-3-5-7-14/h3-9,12H,2,10-11,13H2,1H3,(H,20,21,22). The predicted molar refractivity (Wildman–Crippen MR) is 108 cm³/mol. The molecule has 0 spiro atoms. The molecule has 0 atom stereocenters. The lowest BCUT2D eigenvalue weighted by Crippen LogP contribution is -2.18. The van der Waals surface area contributed by atoms with Crippen LogP contribution in [0, 0.1) is 0 Å². The Morgan fingerprint density at radius 2 is 1.96 bits per heavy atom. The van der Waals surface area contributed by atoms with Crippen LogP contribution in [0.15, 0.2) is 48.5 Å². The third kappa shape index (κ3) is 5.51. The zero-order valence-corrected chi connectivity index (χ0v) is 16.5. The van der Waals surface area contributed by atoms with Crippen LogP contribution in [0.3, 0.4) is 0 Å². The maximum absolute atomic E-state index is 12.2. The Kier molecular flexibility index (Phi) is 6.08. The van der Waals surface area contributed by atoms with Gasteiger partial charge in [0.1, 0.15) is 5.75 Å². The van der Waals surface area contributed by atoms with Gasteiger partial charge < -0.3 is 10.1 Å². The third-order valence-corrected chi connectivity index (χ3v) is 6.32. The van der Waals surface area contributed by atoms with Crippen molar-refractivity contribution in [3.05, 3.63) is 54.1 Å². The number of amides is 1. The summed E-state index contributed by atoms with van der Waals surface area (Å²) in [6.07, 6.45) is -0.102.